The standard InChI is InChI=1S/C24H32N2O2/c1-4-20-8-10-21(11-9-20)23(26-13-5-6-14-26)16-25-24(27)17-28-22-12-7-18(2)19(3)15-22/h7-12,15,23H,4-6,13-14,16-17H2,1-3H3,(H,25,27)/t23-/m0/s1. The Hall–Kier alpha value is -2.33. The van der Waals surface area contributed by atoms with Crippen LogP contribution in [0.2, 0.25) is 0 Å². The van der Waals surface area contributed by atoms with Crippen molar-refractivity contribution >= 4 is 5.91 Å². The minimum atomic E-state index is -0.0763. The second-order valence-corrected chi connectivity index (χ2v) is 7.69. The molecule has 4 heteroatoms. The molecule has 4 nitrogen and oxygen atoms in total. The Morgan fingerprint density at radius 1 is 1.07 bits per heavy atom. The van der Waals surface area contributed by atoms with E-state index < -0.39 is 0 Å². The van der Waals surface area contributed by atoms with Crippen LogP contribution in [0.25, 0.3) is 0 Å². The summed E-state index contributed by atoms with van der Waals surface area (Å²) < 4.78 is 5.67. The van der Waals surface area contributed by atoms with Crippen LogP contribution in [-0.2, 0) is 11.2 Å². The second kappa shape index (κ2) is 9.74. The maximum Gasteiger partial charge on any atom is 0.258 e. The first kappa shape index (κ1) is 20.4. The van der Waals surface area contributed by atoms with E-state index in [0.717, 1.165) is 25.3 Å². The van der Waals surface area contributed by atoms with Gasteiger partial charge in [-0.25, -0.2) is 0 Å². The molecule has 0 aliphatic carbocycles. The summed E-state index contributed by atoms with van der Waals surface area (Å²) in [6.07, 6.45) is 3.50. The molecule has 0 bridgehead atoms. The van der Waals surface area contributed by atoms with Gasteiger partial charge in [-0.15, -0.1) is 0 Å². The molecule has 1 amide bonds. The fraction of sp³-hybridized carbons (Fsp3) is 0.458. The van der Waals surface area contributed by atoms with Crippen molar-refractivity contribution in [3.05, 3.63) is 64.7 Å². The molecule has 1 atom stereocenters. The third kappa shape index (κ3) is 5.35. The molecule has 2 aromatic rings. The van der Waals surface area contributed by atoms with Gasteiger partial charge < -0.3 is 10.1 Å². The van der Waals surface area contributed by atoms with Gasteiger partial charge in [0.2, 0.25) is 0 Å². The van der Waals surface area contributed by atoms with Crippen LogP contribution in [0.3, 0.4) is 0 Å². The number of benzene rings is 2. The first-order valence-corrected chi connectivity index (χ1v) is 10.4. The summed E-state index contributed by atoms with van der Waals surface area (Å²) in [5.41, 5.74) is 5.01. The van der Waals surface area contributed by atoms with Crippen molar-refractivity contribution in [3.8, 4) is 5.75 Å². The summed E-state index contributed by atoms with van der Waals surface area (Å²) in [4.78, 5) is 14.8. The normalized spacial score (nSPS) is 15.4. The van der Waals surface area contributed by atoms with Crippen molar-refractivity contribution < 1.29 is 9.53 Å². The van der Waals surface area contributed by atoms with E-state index in [2.05, 4.69) is 48.3 Å². The van der Waals surface area contributed by atoms with Crippen LogP contribution in [0.15, 0.2) is 42.5 Å². The smallest absolute Gasteiger partial charge is 0.258 e. The van der Waals surface area contributed by atoms with Gasteiger partial charge in [0.25, 0.3) is 5.91 Å². The SMILES string of the molecule is CCc1ccc([C@H](CNC(=O)COc2ccc(C)c(C)c2)N2CCCC2)cc1. The first-order chi connectivity index (χ1) is 13.6. The molecule has 0 aromatic heterocycles. The summed E-state index contributed by atoms with van der Waals surface area (Å²) in [5.74, 6) is 0.664. The summed E-state index contributed by atoms with van der Waals surface area (Å²) in [7, 11) is 0. The van der Waals surface area contributed by atoms with Crippen LogP contribution in [0.1, 0.15) is 48.1 Å². The number of likely N-dealkylation sites (tertiary alicyclic amines) is 1. The summed E-state index contributed by atoms with van der Waals surface area (Å²) in [5, 5.41) is 3.08. The van der Waals surface area contributed by atoms with E-state index in [1.807, 2.05) is 25.1 Å². The molecule has 28 heavy (non-hydrogen) atoms. The van der Waals surface area contributed by atoms with Crippen LogP contribution in [0.5, 0.6) is 5.75 Å². The Labute approximate surface area is 168 Å². The molecule has 1 aliphatic rings. The van der Waals surface area contributed by atoms with Crippen molar-refractivity contribution in [2.24, 2.45) is 0 Å². The Bertz CT molecular complexity index is 780. The van der Waals surface area contributed by atoms with Crippen molar-refractivity contribution in [1.82, 2.24) is 10.2 Å². The van der Waals surface area contributed by atoms with Gasteiger partial charge in [0.15, 0.2) is 6.61 Å². The van der Waals surface area contributed by atoms with Crippen LogP contribution >= 0.6 is 0 Å². The van der Waals surface area contributed by atoms with Crippen molar-refractivity contribution in [3.63, 3.8) is 0 Å². The fourth-order valence-electron chi connectivity index (χ4n) is 3.70. The number of amides is 1. The van der Waals surface area contributed by atoms with Crippen LogP contribution in [0.4, 0.5) is 0 Å². The second-order valence-electron chi connectivity index (χ2n) is 7.69. The van der Waals surface area contributed by atoms with E-state index in [-0.39, 0.29) is 18.6 Å². The number of rotatable bonds is 8. The lowest BCUT2D eigenvalue weighted by atomic mass is 10.0. The Kier molecular flexibility index (Phi) is 7.10. The number of nitrogens with one attached hydrogen (secondary N) is 1. The molecule has 3 rings (SSSR count). The molecule has 2 aromatic carbocycles. The van der Waals surface area contributed by atoms with E-state index in [4.69, 9.17) is 4.74 Å². The lowest BCUT2D eigenvalue weighted by Gasteiger charge is -2.28. The number of aryl methyl sites for hydroxylation is 3. The summed E-state index contributed by atoms with van der Waals surface area (Å²) >= 11 is 0. The molecular formula is C24H32N2O2. The molecular weight excluding hydrogens is 348 g/mol. The van der Waals surface area contributed by atoms with E-state index in [9.17, 15) is 4.79 Å². The Balaban J connectivity index is 1.57. The van der Waals surface area contributed by atoms with Crippen LogP contribution < -0.4 is 10.1 Å². The predicted molar refractivity (Wildman–Crippen MR) is 114 cm³/mol. The van der Waals surface area contributed by atoms with E-state index in [0.29, 0.717) is 6.54 Å². The molecule has 0 saturated carbocycles. The highest BCUT2D eigenvalue weighted by Gasteiger charge is 2.24. The quantitative estimate of drug-likeness (QED) is 0.746. The van der Waals surface area contributed by atoms with E-state index >= 15 is 0 Å². The number of ether oxygens (including phenoxy) is 1. The molecule has 1 heterocycles. The lowest BCUT2D eigenvalue weighted by molar-refractivity contribution is -0.123. The summed E-state index contributed by atoms with van der Waals surface area (Å²) in [6.45, 7) is 9.13. The Morgan fingerprint density at radius 3 is 2.43 bits per heavy atom. The van der Waals surface area contributed by atoms with Gasteiger partial charge in [-0.2, -0.15) is 0 Å². The van der Waals surface area contributed by atoms with Gasteiger partial charge in [0.05, 0.1) is 6.04 Å². The van der Waals surface area contributed by atoms with Gasteiger partial charge in [-0.3, -0.25) is 9.69 Å². The first-order valence-electron chi connectivity index (χ1n) is 10.4. The highest BCUT2D eigenvalue weighted by Crippen LogP contribution is 2.25. The highest BCUT2D eigenvalue weighted by molar-refractivity contribution is 5.77. The molecule has 0 radical (unpaired) electrons. The van der Waals surface area contributed by atoms with Gasteiger partial charge in [-0.1, -0.05) is 37.3 Å². The summed E-state index contributed by atoms with van der Waals surface area (Å²) in [6, 6.07) is 14.9. The molecule has 1 aliphatic heterocycles. The molecule has 0 unspecified atom stereocenters. The van der Waals surface area contributed by atoms with Crippen molar-refractivity contribution in [2.45, 2.75) is 46.1 Å². The fourth-order valence-corrected chi connectivity index (χ4v) is 3.70. The van der Waals surface area contributed by atoms with Crippen molar-refractivity contribution in [2.75, 3.05) is 26.2 Å². The van der Waals surface area contributed by atoms with Crippen LogP contribution in [0, 0.1) is 13.8 Å². The number of hydrogen-bond acceptors (Lipinski definition) is 3. The molecule has 150 valence electrons. The van der Waals surface area contributed by atoms with Gasteiger partial charge in [0.1, 0.15) is 5.75 Å². The zero-order valence-corrected chi connectivity index (χ0v) is 17.3. The van der Waals surface area contributed by atoms with Crippen LogP contribution in [-0.4, -0.2) is 37.0 Å². The molecule has 1 fully saturated rings. The van der Waals surface area contributed by atoms with E-state index in [1.165, 1.54) is 35.1 Å². The maximum absolute atomic E-state index is 12.4. The third-order valence-corrected chi connectivity index (χ3v) is 5.70. The number of nitrogens with zero attached hydrogens (tertiary/aromatic N) is 1. The van der Waals surface area contributed by atoms with E-state index in [1.54, 1.807) is 0 Å². The van der Waals surface area contributed by atoms with Gasteiger partial charge in [-0.05, 0) is 80.6 Å². The van der Waals surface area contributed by atoms with Crippen molar-refractivity contribution in [1.29, 1.82) is 0 Å². The molecule has 1 saturated heterocycles. The van der Waals surface area contributed by atoms with Gasteiger partial charge in [0, 0.05) is 6.54 Å². The maximum atomic E-state index is 12.4. The average Bonchev–Trinajstić information content (AvgIpc) is 3.24. The van der Waals surface area contributed by atoms with Gasteiger partial charge >= 0.3 is 0 Å². The minimum absolute atomic E-state index is 0.0456. The minimum Gasteiger partial charge on any atom is -0.484 e. The third-order valence-electron chi connectivity index (χ3n) is 5.70. The average molecular weight is 381 g/mol. The lowest BCUT2D eigenvalue weighted by Crippen LogP contribution is -2.38. The zero-order valence-electron chi connectivity index (χ0n) is 17.3. The largest absolute Gasteiger partial charge is 0.484 e. The highest BCUT2D eigenvalue weighted by atomic mass is 16.5. The monoisotopic (exact) mass is 380 g/mol. The number of hydrogen-bond donors (Lipinski definition) is 1. The predicted octanol–water partition coefficient (Wildman–Crippen LogP) is 4.20. The number of carbonyl (C=O) groups is 1. The molecule has 1 N–H and O–H groups in total. The molecule has 0 spiro atoms. The number of carbonyl (C=O) groups excluding carboxylic acids is 1. The zero-order chi connectivity index (χ0) is 19.9. The Morgan fingerprint density at radius 2 is 1.79 bits per heavy atom. The topological polar surface area (TPSA) is 41.6 Å².